The first-order valence-electron chi connectivity index (χ1n) is 7.69. The van der Waals surface area contributed by atoms with E-state index in [-0.39, 0.29) is 18.1 Å². The van der Waals surface area contributed by atoms with E-state index in [1.165, 1.54) is 0 Å². The molecule has 0 amide bonds. The van der Waals surface area contributed by atoms with Crippen molar-refractivity contribution in [3.05, 3.63) is 23.4 Å². The van der Waals surface area contributed by atoms with Crippen LogP contribution in [0.2, 0.25) is 0 Å². The third kappa shape index (κ3) is 3.91. The number of hydrogen-bond donors (Lipinski definition) is 0. The average Bonchev–Trinajstić information content (AvgIpc) is 2.75. The Kier molecular flexibility index (Phi) is 5.94. The van der Waals surface area contributed by atoms with Crippen molar-refractivity contribution in [2.75, 3.05) is 7.11 Å². The number of ether oxygens (including phenoxy) is 2. The predicted octanol–water partition coefficient (Wildman–Crippen LogP) is 4.32. The van der Waals surface area contributed by atoms with Crippen LogP contribution in [0.1, 0.15) is 62.3 Å². The number of hydrogen-bond acceptors (Lipinski definition) is 4. The second-order valence-corrected chi connectivity index (χ2v) is 6.61. The van der Waals surface area contributed by atoms with Crippen LogP contribution in [0.3, 0.4) is 0 Å². The van der Waals surface area contributed by atoms with E-state index in [9.17, 15) is 4.79 Å². The molecule has 0 aliphatic heterocycles. The van der Waals surface area contributed by atoms with Gasteiger partial charge in [0.15, 0.2) is 0 Å². The highest BCUT2D eigenvalue weighted by molar-refractivity contribution is 5.97. The lowest BCUT2D eigenvalue weighted by atomic mass is 10.1. The van der Waals surface area contributed by atoms with Crippen LogP contribution in [0.5, 0.6) is 0 Å². The molecule has 0 aliphatic carbocycles. The van der Waals surface area contributed by atoms with Crippen LogP contribution < -0.4 is 0 Å². The summed E-state index contributed by atoms with van der Waals surface area (Å²) in [6.07, 6.45) is 1.57. The first-order valence-corrected chi connectivity index (χ1v) is 7.69. The summed E-state index contributed by atoms with van der Waals surface area (Å²) in [6, 6.07) is -0.0182. The lowest BCUT2D eigenvalue weighted by Gasteiger charge is -2.23. The Labute approximate surface area is 139 Å². The van der Waals surface area contributed by atoms with E-state index in [0.29, 0.717) is 16.9 Å². The second kappa shape index (κ2) is 7.13. The van der Waals surface area contributed by atoms with Gasteiger partial charge in [0, 0.05) is 18.4 Å². The lowest BCUT2D eigenvalue weighted by Crippen LogP contribution is -2.25. The predicted molar refractivity (Wildman–Crippen MR) is 94.8 cm³/mol. The van der Waals surface area contributed by atoms with E-state index < -0.39 is 5.60 Å². The van der Waals surface area contributed by atoms with E-state index >= 15 is 0 Å². The zero-order valence-corrected chi connectivity index (χ0v) is 15.3. The maximum absolute atomic E-state index is 12.6. The molecule has 2 unspecified atom stereocenters. The van der Waals surface area contributed by atoms with E-state index in [1.807, 2.05) is 46.1 Å². The minimum absolute atomic E-state index is 0.0182. The van der Waals surface area contributed by atoms with Crippen molar-refractivity contribution in [3.63, 3.8) is 0 Å². The Morgan fingerprint density at radius 2 is 1.91 bits per heavy atom. The second-order valence-electron chi connectivity index (χ2n) is 6.61. The zero-order chi connectivity index (χ0) is 17.9. The molecule has 0 bridgehead atoms. The van der Waals surface area contributed by atoms with Crippen molar-refractivity contribution < 1.29 is 14.3 Å². The maximum atomic E-state index is 12.6. The van der Waals surface area contributed by atoms with Crippen LogP contribution in [0.25, 0.3) is 6.08 Å². The topological polar surface area (TPSA) is 52.8 Å². The van der Waals surface area contributed by atoms with Gasteiger partial charge in [-0.25, -0.2) is 9.79 Å². The summed E-state index contributed by atoms with van der Waals surface area (Å²) < 4.78 is 12.9. The van der Waals surface area contributed by atoms with Crippen molar-refractivity contribution in [3.8, 4) is 0 Å². The third-order valence-electron chi connectivity index (χ3n) is 3.88. The molecule has 0 spiro atoms. The van der Waals surface area contributed by atoms with Crippen molar-refractivity contribution >= 4 is 24.6 Å². The average molecular weight is 320 g/mol. The highest BCUT2D eigenvalue weighted by atomic mass is 16.6. The van der Waals surface area contributed by atoms with E-state index in [1.54, 1.807) is 13.2 Å². The summed E-state index contributed by atoms with van der Waals surface area (Å²) in [7, 11) is 1.66. The van der Waals surface area contributed by atoms with Gasteiger partial charge in [-0.05, 0) is 48.3 Å². The summed E-state index contributed by atoms with van der Waals surface area (Å²) in [6.45, 7) is 18.8. The molecule has 0 fully saturated rings. The molecule has 5 heteroatoms. The summed E-state index contributed by atoms with van der Waals surface area (Å²) in [4.78, 5) is 16.7. The van der Waals surface area contributed by atoms with Crippen LogP contribution in [-0.2, 0) is 9.47 Å². The molecule has 0 radical (unpaired) electrons. The van der Waals surface area contributed by atoms with Crippen molar-refractivity contribution in [1.82, 2.24) is 4.57 Å². The molecule has 1 heterocycles. The lowest BCUT2D eigenvalue weighted by molar-refractivity contribution is 0.00678. The summed E-state index contributed by atoms with van der Waals surface area (Å²) in [5.41, 5.74) is 1.32. The van der Waals surface area contributed by atoms with Crippen LogP contribution in [0, 0.1) is 6.92 Å². The number of esters is 1. The Morgan fingerprint density at radius 3 is 2.30 bits per heavy atom. The van der Waals surface area contributed by atoms with Crippen LogP contribution in [0.15, 0.2) is 11.6 Å². The van der Waals surface area contributed by atoms with Crippen molar-refractivity contribution in [1.29, 1.82) is 0 Å². The first-order chi connectivity index (χ1) is 10.6. The Hall–Kier alpha value is -1.88. The number of aliphatic imine (C=N–C) groups is 1. The van der Waals surface area contributed by atoms with Gasteiger partial charge in [-0.2, -0.15) is 0 Å². The minimum atomic E-state index is -0.572. The van der Waals surface area contributed by atoms with Crippen LogP contribution in [0.4, 0.5) is 5.82 Å². The molecule has 23 heavy (non-hydrogen) atoms. The van der Waals surface area contributed by atoms with Gasteiger partial charge in [0.2, 0.25) is 0 Å². The fourth-order valence-corrected chi connectivity index (χ4v) is 2.56. The molecule has 0 saturated heterocycles. The molecule has 0 saturated carbocycles. The summed E-state index contributed by atoms with van der Waals surface area (Å²) >= 11 is 0. The number of nitrogens with zero attached hydrogens (tertiary/aromatic N) is 2. The Balaban J connectivity index is 3.54. The highest BCUT2D eigenvalue weighted by Gasteiger charge is 2.30. The van der Waals surface area contributed by atoms with Gasteiger partial charge in [0.05, 0.1) is 17.7 Å². The molecule has 128 valence electrons. The molecule has 0 aliphatic rings. The normalized spacial score (nSPS) is 14.2. The molecule has 0 N–H and O–H groups in total. The van der Waals surface area contributed by atoms with E-state index in [0.717, 1.165) is 5.69 Å². The van der Waals surface area contributed by atoms with Gasteiger partial charge in [0.1, 0.15) is 11.4 Å². The highest BCUT2D eigenvalue weighted by Crippen LogP contribution is 2.36. The molecular formula is C18H28N2O3. The number of carbonyl (C=O) groups excluding carboxylic acids is 1. The maximum Gasteiger partial charge on any atom is 0.341 e. The van der Waals surface area contributed by atoms with Crippen LogP contribution in [-0.4, -0.2) is 36.1 Å². The number of methoxy groups -OCH3 is 1. The molecule has 5 nitrogen and oxygen atoms in total. The molecule has 2 atom stereocenters. The van der Waals surface area contributed by atoms with Gasteiger partial charge >= 0.3 is 5.97 Å². The van der Waals surface area contributed by atoms with E-state index in [4.69, 9.17) is 9.47 Å². The van der Waals surface area contributed by atoms with Gasteiger partial charge in [0.25, 0.3) is 0 Å². The van der Waals surface area contributed by atoms with Crippen molar-refractivity contribution in [2.24, 2.45) is 4.99 Å². The van der Waals surface area contributed by atoms with E-state index in [2.05, 4.69) is 18.3 Å². The van der Waals surface area contributed by atoms with Crippen molar-refractivity contribution in [2.45, 2.75) is 59.3 Å². The molecule has 1 aromatic rings. The number of carbonyl (C=O) groups is 1. The van der Waals surface area contributed by atoms with Crippen LogP contribution >= 0.6 is 0 Å². The molecular weight excluding hydrogens is 292 g/mol. The largest absolute Gasteiger partial charge is 0.456 e. The first kappa shape index (κ1) is 19.2. The standard InChI is InChI=1S/C18H28N2O3/c1-10-14-15(17(21)23-18(5,6)7)12(3)20(16(14)19-8)11(2)13(4)22-9/h10-11,13H,1,8H2,2-7,9H3. The Bertz CT molecular complexity index is 609. The quantitative estimate of drug-likeness (QED) is 0.579. The number of rotatable bonds is 6. The molecule has 1 aromatic heterocycles. The Morgan fingerprint density at radius 1 is 1.35 bits per heavy atom. The SMILES string of the molecule is C=Cc1c(C(=O)OC(C)(C)C)c(C)n(C(C)C(C)OC)c1N=C. The smallest absolute Gasteiger partial charge is 0.341 e. The monoisotopic (exact) mass is 320 g/mol. The summed E-state index contributed by atoms with van der Waals surface area (Å²) in [5, 5.41) is 0. The molecule has 1 rings (SSSR count). The van der Waals surface area contributed by atoms with Gasteiger partial charge in [-0.15, -0.1) is 0 Å². The molecule has 0 aromatic carbocycles. The fourth-order valence-electron chi connectivity index (χ4n) is 2.56. The number of aromatic nitrogens is 1. The third-order valence-corrected chi connectivity index (χ3v) is 3.88. The summed E-state index contributed by atoms with van der Waals surface area (Å²) in [5.74, 6) is 0.223. The minimum Gasteiger partial charge on any atom is -0.456 e. The van der Waals surface area contributed by atoms with Gasteiger partial charge in [-0.1, -0.05) is 12.7 Å². The zero-order valence-electron chi connectivity index (χ0n) is 15.3. The fraction of sp³-hybridized carbons (Fsp3) is 0.556. The van der Waals surface area contributed by atoms with Gasteiger partial charge < -0.3 is 14.0 Å². The van der Waals surface area contributed by atoms with Gasteiger partial charge in [-0.3, -0.25) is 0 Å².